The lowest BCUT2D eigenvalue weighted by Gasteiger charge is -2.26. The van der Waals surface area contributed by atoms with Crippen molar-refractivity contribution in [2.75, 3.05) is 12.3 Å². The van der Waals surface area contributed by atoms with Gasteiger partial charge in [-0.15, -0.1) is 0 Å². The molecule has 2 aromatic heterocycles. The molecule has 0 aliphatic carbocycles. The fourth-order valence-electron chi connectivity index (χ4n) is 2.61. The molecule has 0 unspecified atom stereocenters. The predicted octanol–water partition coefficient (Wildman–Crippen LogP) is -0.288. The Morgan fingerprint density at radius 1 is 1.33 bits per heavy atom. The number of aryl methyl sites for hydroxylation is 1. The first-order chi connectivity index (χ1) is 11.4. The van der Waals surface area contributed by atoms with Crippen molar-refractivity contribution in [3.8, 4) is 0 Å². The highest BCUT2D eigenvalue weighted by atomic mass is 32.2. The van der Waals surface area contributed by atoms with Crippen molar-refractivity contribution < 1.29 is 13.2 Å². The summed E-state index contributed by atoms with van der Waals surface area (Å²) in [5, 5.41) is 6.75. The number of hydrogen-bond donors (Lipinski definition) is 1. The van der Waals surface area contributed by atoms with Crippen LogP contribution in [0.3, 0.4) is 0 Å². The van der Waals surface area contributed by atoms with E-state index in [1.54, 1.807) is 24.9 Å². The maximum absolute atomic E-state index is 12.0. The zero-order valence-electron chi connectivity index (χ0n) is 13.6. The number of nitrogens with one attached hydrogen (secondary N) is 1. The van der Waals surface area contributed by atoms with E-state index in [0.29, 0.717) is 30.2 Å². The Hall–Kier alpha value is -2.20. The number of carbonyl (C=O) groups is 1. The Balaban J connectivity index is 1.65. The fourth-order valence-corrected chi connectivity index (χ4v) is 3.64. The Labute approximate surface area is 140 Å². The minimum atomic E-state index is -3.21. The average molecular weight is 352 g/mol. The number of amides is 1. The van der Waals surface area contributed by atoms with Crippen LogP contribution in [-0.4, -0.2) is 50.3 Å². The molecule has 9 nitrogen and oxygen atoms in total. The summed E-state index contributed by atoms with van der Waals surface area (Å²) in [6.45, 7) is 3.20. The molecule has 2 aromatic rings. The first kappa shape index (κ1) is 16.7. The highest BCUT2D eigenvalue weighted by molar-refractivity contribution is 7.89. The van der Waals surface area contributed by atoms with Gasteiger partial charge in [-0.2, -0.15) is 9.40 Å². The van der Waals surface area contributed by atoms with Crippen molar-refractivity contribution in [2.45, 2.75) is 26.6 Å². The van der Waals surface area contributed by atoms with Crippen molar-refractivity contribution in [1.29, 1.82) is 0 Å². The van der Waals surface area contributed by atoms with E-state index >= 15 is 0 Å². The number of aromatic nitrogens is 4. The van der Waals surface area contributed by atoms with Crippen LogP contribution in [-0.2, 0) is 36.7 Å². The third-order valence-corrected chi connectivity index (χ3v) is 5.80. The van der Waals surface area contributed by atoms with Crippen LogP contribution in [0, 0.1) is 0 Å². The van der Waals surface area contributed by atoms with Crippen LogP contribution in [0.4, 0.5) is 0 Å². The summed E-state index contributed by atoms with van der Waals surface area (Å²) in [4.78, 5) is 16.5. The monoisotopic (exact) mass is 352 g/mol. The smallest absolute Gasteiger partial charge is 0.254 e. The molecule has 1 amide bonds. The topological polar surface area (TPSA) is 102 Å². The molecule has 0 bridgehead atoms. The van der Waals surface area contributed by atoms with Crippen molar-refractivity contribution in [2.24, 2.45) is 7.05 Å². The molecule has 1 aliphatic heterocycles. The molecule has 130 valence electrons. The van der Waals surface area contributed by atoms with E-state index in [1.807, 2.05) is 10.8 Å². The molecule has 0 atom stereocenters. The molecule has 0 saturated heterocycles. The summed E-state index contributed by atoms with van der Waals surface area (Å²) in [6.07, 6.45) is 5.00. The molecule has 0 spiro atoms. The molecule has 0 fully saturated rings. The summed E-state index contributed by atoms with van der Waals surface area (Å²) in [6, 6.07) is 0. The SMILES string of the molecule is CCS(=O)(=O)N1CCn2cc(CNC(=O)c3cnn(C)c3)nc2C1. The molecular formula is C14H20N6O3S. The quantitative estimate of drug-likeness (QED) is 0.797. The first-order valence-electron chi connectivity index (χ1n) is 7.68. The van der Waals surface area contributed by atoms with Crippen LogP contribution in [0.25, 0.3) is 0 Å². The zero-order chi connectivity index (χ0) is 17.3. The van der Waals surface area contributed by atoms with E-state index in [2.05, 4.69) is 15.4 Å². The highest BCUT2D eigenvalue weighted by Crippen LogP contribution is 2.16. The molecule has 0 radical (unpaired) electrons. The van der Waals surface area contributed by atoms with E-state index in [9.17, 15) is 13.2 Å². The van der Waals surface area contributed by atoms with Crippen molar-refractivity contribution in [3.05, 3.63) is 35.7 Å². The highest BCUT2D eigenvalue weighted by Gasteiger charge is 2.26. The van der Waals surface area contributed by atoms with E-state index in [4.69, 9.17) is 0 Å². The van der Waals surface area contributed by atoms with Gasteiger partial charge in [0.2, 0.25) is 10.0 Å². The van der Waals surface area contributed by atoms with Gasteiger partial charge in [-0.05, 0) is 6.92 Å². The van der Waals surface area contributed by atoms with Crippen molar-refractivity contribution >= 4 is 15.9 Å². The maximum atomic E-state index is 12.0. The summed E-state index contributed by atoms with van der Waals surface area (Å²) in [7, 11) is -1.47. The number of nitrogens with zero attached hydrogens (tertiary/aromatic N) is 5. The minimum absolute atomic E-state index is 0.0851. The van der Waals surface area contributed by atoms with Gasteiger partial charge in [0.25, 0.3) is 5.91 Å². The van der Waals surface area contributed by atoms with Gasteiger partial charge < -0.3 is 9.88 Å². The second-order valence-corrected chi connectivity index (χ2v) is 7.92. The summed E-state index contributed by atoms with van der Waals surface area (Å²) < 4.78 is 28.9. The Morgan fingerprint density at radius 2 is 2.12 bits per heavy atom. The molecule has 0 aromatic carbocycles. The Bertz CT molecular complexity index is 854. The van der Waals surface area contributed by atoms with E-state index in [0.717, 1.165) is 0 Å². The Morgan fingerprint density at radius 3 is 2.79 bits per heavy atom. The van der Waals surface area contributed by atoms with Gasteiger partial charge in [0.05, 0.1) is 36.3 Å². The predicted molar refractivity (Wildman–Crippen MR) is 86.5 cm³/mol. The second-order valence-electron chi connectivity index (χ2n) is 5.66. The number of sulfonamides is 1. The molecule has 0 saturated carbocycles. The fraction of sp³-hybridized carbons (Fsp3) is 0.500. The summed E-state index contributed by atoms with van der Waals surface area (Å²) in [5.74, 6) is 0.565. The lowest BCUT2D eigenvalue weighted by molar-refractivity contribution is 0.0950. The number of imidazole rings is 1. The van der Waals surface area contributed by atoms with Crippen LogP contribution in [0.1, 0.15) is 28.8 Å². The minimum Gasteiger partial charge on any atom is -0.346 e. The van der Waals surface area contributed by atoms with E-state index in [1.165, 1.54) is 10.5 Å². The maximum Gasteiger partial charge on any atom is 0.254 e. The molecule has 24 heavy (non-hydrogen) atoms. The van der Waals surface area contributed by atoms with Gasteiger partial charge >= 0.3 is 0 Å². The third kappa shape index (κ3) is 3.34. The van der Waals surface area contributed by atoms with Crippen molar-refractivity contribution in [1.82, 2.24) is 29.0 Å². The average Bonchev–Trinajstić information content (AvgIpc) is 3.17. The lowest BCUT2D eigenvalue weighted by Crippen LogP contribution is -2.39. The molecular weight excluding hydrogens is 332 g/mol. The molecule has 1 aliphatic rings. The second kappa shape index (κ2) is 6.36. The standard InChI is InChI=1S/C14H20N6O3S/c1-3-24(22,23)20-5-4-19-9-12(17-13(19)10-20)7-15-14(21)11-6-16-18(2)8-11/h6,8-9H,3-5,7,10H2,1-2H3,(H,15,21). The van der Waals surface area contributed by atoms with Crippen LogP contribution in [0.5, 0.6) is 0 Å². The van der Waals surface area contributed by atoms with Gasteiger partial charge in [-0.3, -0.25) is 9.48 Å². The number of hydrogen-bond acceptors (Lipinski definition) is 5. The Kier molecular flexibility index (Phi) is 4.41. The van der Waals surface area contributed by atoms with E-state index in [-0.39, 0.29) is 24.7 Å². The molecule has 3 rings (SSSR count). The largest absolute Gasteiger partial charge is 0.346 e. The van der Waals surface area contributed by atoms with E-state index < -0.39 is 10.0 Å². The van der Waals surface area contributed by atoms with Gasteiger partial charge in [0.1, 0.15) is 5.82 Å². The van der Waals surface area contributed by atoms with Gasteiger partial charge in [-0.1, -0.05) is 0 Å². The normalized spacial score (nSPS) is 15.2. The van der Waals surface area contributed by atoms with Gasteiger partial charge in [-0.25, -0.2) is 13.4 Å². The number of carbonyl (C=O) groups excluding carboxylic acids is 1. The summed E-state index contributed by atoms with van der Waals surface area (Å²) >= 11 is 0. The molecule has 1 N–H and O–H groups in total. The summed E-state index contributed by atoms with van der Waals surface area (Å²) in [5.41, 5.74) is 1.19. The zero-order valence-corrected chi connectivity index (χ0v) is 14.5. The van der Waals surface area contributed by atoms with Gasteiger partial charge in [0.15, 0.2) is 0 Å². The van der Waals surface area contributed by atoms with Gasteiger partial charge in [0, 0.05) is 32.5 Å². The van der Waals surface area contributed by atoms with Crippen LogP contribution < -0.4 is 5.32 Å². The first-order valence-corrected chi connectivity index (χ1v) is 9.29. The van der Waals surface area contributed by atoms with Crippen LogP contribution in [0.15, 0.2) is 18.6 Å². The van der Waals surface area contributed by atoms with Crippen molar-refractivity contribution in [3.63, 3.8) is 0 Å². The number of rotatable bonds is 5. The number of fused-ring (bicyclic) bond motifs is 1. The molecule has 3 heterocycles. The molecule has 10 heteroatoms. The third-order valence-electron chi connectivity index (χ3n) is 3.97. The lowest BCUT2D eigenvalue weighted by atomic mass is 10.3. The van der Waals surface area contributed by atoms with Crippen LogP contribution in [0.2, 0.25) is 0 Å². The van der Waals surface area contributed by atoms with Crippen LogP contribution >= 0.6 is 0 Å².